The molecule has 4 rings (SSSR count). The van der Waals surface area contributed by atoms with Crippen LogP contribution in [0.1, 0.15) is 142 Å². The van der Waals surface area contributed by atoms with Crippen LogP contribution in [0, 0.1) is 59.2 Å². The van der Waals surface area contributed by atoms with Crippen molar-refractivity contribution in [2.24, 2.45) is 35.0 Å². The molecule has 0 radical (unpaired) electrons. The van der Waals surface area contributed by atoms with Crippen LogP contribution < -0.4 is 0 Å². The minimum absolute atomic E-state index is 0.123. The Balaban J connectivity index is 1.16. The lowest BCUT2D eigenvalue weighted by Crippen LogP contribution is -2.53. The van der Waals surface area contributed by atoms with E-state index in [1.807, 2.05) is 0 Å². The van der Waals surface area contributed by atoms with E-state index in [0.29, 0.717) is 6.61 Å². The maximum Gasteiger partial charge on any atom is 0.135 e. The smallest absolute Gasteiger partial charge is 0.135 e. The highest BCUT2D eigenvalue weighted by Crippen LogP contribution is 2.65. The Morgan fingerprint density at radius 2 is 1.46 bits per heavy atom. The fourth-order valence-corrected chi connectivity index (χ4v) is 9.11. The van der Waals surface area contributed by atoms with Crippen molar-refractivity contribution < 1.29 is 4.74 Å². The zero-order valence-corrected chi connectivity index (χ0v) is 24.4. The van der Waals surface area contributed by atoms with Gasteiger partial charge >= 0.3 is 0 Å². The summed E-state index contributed by atoms with van der Waals surface area (Å²) < 4.78 is 6.58. The molecule has 3 saturated carbocycles. The second-order valence-corrected chi connectivity index (χ2v) is 13.3. The van der Waals surface area contributed by atoms with Crippen LogP contribution in [0.2, 0.25) is 0 Å². The van der Waals surface area contributed by atoms with Crippen molar-refractivity contribution in [3.05, 3.63) is 12.2 Å². The number of hydrogen-bond donors (Lipinski definition) is 0. The van der Waals surface area contributed by atoms with Crippen LogP contribution in [-0.4, -0.2) is 12.2 Å². The molecule has 0 aliphatic heterocycles. The summed E-state index contributed by atoms with van der Waals surface area (Å²) in [5.41, 5.74) is -0.283. The highest BCUT2D eigenvalue weighted by molar-refractivity contribution is 5.25. The predicted octanol–water partition coefficient (Wildman–Crippen LogP) is 9.90. The number of ether oxygens (including phenoxy) is 1. The zero-order valence-electron chi connectivity index (χ0n) is 24.4. The third-order valence-corrected chi connectivity index (χ3v) is 11.3. The molecule has 0 bridgehead atoms. The molecule has 0 amide bonds. The molecular weight excluding hydrogens is 448 g/mol. The fraction of sp³-hybridized carbons (Fsp3) is 0.833. The molecule has 0 saturated heterocycles. The van der Waals surface area contributed by atoms with E-state index in [9.17, 15) is 0 Å². The molecule has 0 heterocycles. The molecule has 3 fully saturated rings. The number of fused-ring (bicyclic) bond motifs is 5. The van der Waals surface area contributed by atoms with Crippen molar-refractivity contribution in [3.63, 3.8) is 0 Å². The second kappa shape index (κ2) is 14.3. The van der Waals surface area contributed by atoms with Crippen molar-refractivity contribution in [3.8, 4) is 24.2 Å². The van der Waals surface area contributed by atoms with Crippen molar-refractivity contribution >= 4 is 0 Å². The lowest BCUT2D eigenvalue weighted by molar-refractivity contribution is -0.122. The van der Waals surface area contributed by atoms with Gasteiger partial charge < -0.3 is 4.74 Å². The second-order valence-electron chi connectivity index (χ2n) is 13.3. The maximum atomic E-state index is 6.58. The van der Waals surface area contributed by atoms with Gasteiger partial charge in [-0.15, -0.1) is 12.3 Å². The summed E-state index contributed by atoms with van der Waals surface area (Å²) in [6.07, 6.45) is 37.8. The molecule has 206 valence electrons. The highest BCUT2D eigenvalue weighted by Gasteiger charge is 2.63. The molecule has 4 aliphatic rings. The van der Waals surface area contributed by atoms with Crippen LogP contribution in [0.4, 0.5) is 0 Å². The first kappa shape index (κ1) is 28.8. The summed E-state index contributed by atoms with van der Waals surface area (Å²) in [7, 11) is 0. The molecule has 7 atom stereocenters. The molecule has 0 aromatic heterocycles. The van der Waals surface area contributed by atoms with Gasteiger partial charge in [0.25, 0.3) is 0 Å². The summed E-state index contributed by atoms with van der Waals surface area (Å²) in [6.45, 7) is 5.28. The minimum atomic E-state index is -0.406. The minimum Gasteiger partial charge on any atom is -0.349 e. The molecule has 0 N–H and O–H groups in total. The summed E-state index contributed by atoms with van der Waals surface area (Å²) in [5.74, 6) is 14.3. The monoisotopic (exact) mass is 504 g/mol. The Kier molecular flexibility index (Phi) is 11.1. The number of terminal acetylenes is 1. The van der Waals surface area contributed by atoms with Gasteiger partial charge in [-0.2, -0.15) is 0 Å². The Morgan fingerprint density at radius 3 is 2.19 bits per heavy atom. The molecule has 0 aromatic carbocycles. The van der Waals surface area contributed by atoms with E-state index in [2.05, 4.69) is 43.8 Å². The average molecular weight is 505 g/mol. The van der Waals surface area contributed by atoms with Crippen LogP contribution in [0.25, 0.3) is 0 Å². The van der Waals surface area contributed by atoms with E-state index in [4.69, 9.17) is 11.2 Å². The average Bonchev–Trinajstić information content (AvgIpc) is 3.23. The normalized spacial score (nSPS) is 36.1. The lowest BCUT2D eigenvalue weighted by Gasteiger charge is -2.56. The van der Waals surface area contributed by atoms with Crippen LogP contribution >= 0.6 is 0 Å². The Hall–Kier alpha value is -1.18. The molecule has 1 nitrogen and oxygen atoms in total. The van der Waals surface area contributed by atoms with Crippen LogP contribution in [-0.2, 0) is 4.74 Å². The van der Waals surface area contributed by atoms with E-state index in [1.54, 1.807) is 0 Å². The Morgan fingerprint density at radius 1 is 0.757 bits per heavy atom. The molecule has 1 heteroatoms. The summed E-state index contributed by atoms with van der Waals surface area (Å²) >= 11 is 0. The van der Waals surface area contributed by atoms with Crippen LogP contribution in [0.3, 0.4) is 0 Å². The highest BCUT2D eigenvalue weighted by atomic mass is 16.5. The van der Waals surface area contributed by atoms with Crippen molar-refractivity contribution in [2.75, 3.05) is 6.61 Å². The lowest BCUT2D eigenvalue weighted by atomic mass is 9.49. The largest absolute Gasteiger partial charge is 0.349 e. The quantitative estimate of drug-likeness (QED) is 0.138. The van der Waals surface area contributed by atoms with Gasteiger partial charge in [-0.3, -0.25) is 0 Å². The van der Waals surface area contributed by atoms with E-state index >= 15 is 0 Å². The molecule has 37 heavy (non-hydrogen) atoms. The first-order valence-corrected chi connectivity index (χ1v) is 16.4. The number of rotatable bonds is 13. The van der Waals surface area contributed by atoms with Crippen molar-refractivity contribution in [1.29, 1.82) is 0 Å². The van der Waals surface area contributed by atoms with Gasteiger partial charge in [0.05, 0.1) is 0 Å². The number of allylic oxidation sites excluding steroid dienone is 2. The van der Waals surface area contributed by atoms with E-state index in [-0.39, 0.29) is 5.41 Å². The fourth-order valence-electron chi connectivity index (χ4n) is 9.11. The predicted molar refractivity (Wildman–Crippen MR) is 158 cm³/mol. The standard InChI is InChI=1S/C36H56O/c1-4-6-7-8-9-10-11-12-13-14-15-16-17-20-29-37-36(5-2)28-26-34-33-24-23-30-21-18-19-22-31(30)32(33)25-27-35(34,36)3/h2,18-19,30-34H,4,6-16,21-29H2,1,3H3/t30?,31-,32+,33+,34-,35-,36-/m0/s1. The summed E-state index contributed by atoms with van der Waals surface area (Å²) in [4.78, 5) is 0. The zero-order chi connectivity index (χ0) is 26.0. The molecule has 0 spiro atoms. The van der Waals surface area contributed by atoms with Gasteiger partial charge in [0.1, 0.15) is 12.2 Å². The Labute approximate surface area is 230 Å². The van der Waals surface area contributed by atoms with E-state index in [0.717, 1.165) is 42.4 Å². The Bertz CT molecular complexity index is 822. The van der Waals surface area contributed by atoms with Gasteiger partial charge in [-0.1, -0.05) is 102 Å². The summed E-state index contributed by atoms with van der Waals surface area (Å²) in [6, 6.07) is 0. The maximum absolute atomic E-state index is 6.58. The SMILES string of the molecule is C#C[C@]1(OCC#CCCCCCCCCCCCCC)CC[C@H]2[C@@H]3CCC4CC=CC[C@@H]4[C@H]3CC[C@@]21C. The molecule has 4 aliphatic carbocycles. The van der Waals surface area contributed by atoms with Gasteiger partial charge in [-0.05, 0) is 87.4 Å². The van der Waals surface area contributed by atoms with Gasteiger partial charge in [0, 0.05) is 11.8 Å². The van der Waals surface area contributed by atoms with Crippen molar-refractivity contribution in [2.45, 2.75) is 148 Å². The first-order valence-electron chi connectivity index (χ1n) is 16.4. The number of hydrogen-bond acceptors (Lipinski definition) is 1. The topological polar surface area (TPSA) is 9.23 Å². The van der Waals surface area contributed by atoms with E-state index < -0.39 is 5.60 Å². The first-order chi connectivity index (χ1) is 18.1. The third-order valence-electron chi connectivity index (χ3n) is 11.3. The summed E-state index contributed by atoms with van der Waals surface area (Å²) in [5, 5.41) is 0. The molecule has 1 unspecified atom stereocenters. The van der Waals surface area contributed by atoms with Gasteiger partial charge in [-0.25, -0.2) is 0 Å². The number of unbranched alkanes of at least 4 members (excludes halogenated alkanes) is 11. The van der Waals surface area contributed by atoms with Crippen molar-refractivity contribution in [1.82, 2.24) is 0 Å². The van der Waals surface area contributed by atoms with Gasteiger partial charge in [0.2, 0.25) is 0 Å². The van der Waals surface area contributed by atoms with Gasteiger partial charge in [0.15, 0.2) is 0 Å². The van der Waals surface area contributed by atoms with Crippen LogP contribution in [0.15, 0.2) is 12.2 Å². The van der Waals surface area contributed by atoms with E-state index in [1.165, 1.54) is 116 Å². The van der Waals surface area contributed by atoms with Crippen LogP contribution in [0.5, 0.6) is 0 Å². The molecule has 0 aromatic rings. The molecular formula is C36H56O. The third kappa shape index (κ3) is 6.70.